The van der Waals surface area contributed by atoms with E-state index in [2.05, 4.69) is 109 Å². The van der Waals surface area contributed by atoms with Crippen LogP contribution in [-0.2, 0) is 0 Å². The summed E-state index contributed by atoms with van der Waals surface area (Å²) in [6.45, 7) is 0.00387. The highest BCUT2D eigenvalue weighted by Crippen LogP contribution is 2.49. The van der Waals surface area contributed by atoms with E-state index in [-0.39, 0.29) is 6.71 Å². The Labute approximate surface area is 213 Å². The molecule has 0 spiro atoms. The van der Waals surface area contributed by atoms with Crippen LogP contribution in [0.1, 0.15) is 0 Å². The maximum atomic E-state index is 6.55. The Kier molecular flexibility index (Phi) is 3.64. The van der Waals surface area contributed by atoms with Crippen molar-refractivity contribution in [3.8, 4) is 33.8 Å². The van der Waals surface area contributed by atoms with E-state index >= 15 is 0 Å². The van der Waals surface area contributed by atoms with Crippen LogP contribution >= 0.6 is 0 Å². The summed E-state index contributed by atoms with van der Waals surface area (Å²) < 4.78 is 13.0. The Balaban J connectivity index is 1.52. The van der Waals surface area contributed by atoms with Gasteiger partial charge in [0.2, 0.25) is 0 Å². The predicted molar refractivity (Wildman–Crippen MR) is 153 cm³/mol. The molecule has 3 heteroatoms. The molecular weight excluding hydrogens is 451 g/mol. The summed E-state index contributed by atoms with van der Waals surface area (Å²) in [5.41, 5.74) is 10.6. The molecule has 1 aromatic heterocycles. The lowest BCUT2D eigenvalue weighted by Gasteiger charge is -2.28. The second-order valence-corrected chi connectivity index (χ2v) is 10.0. The maximum absolute atomic E-state index is 6.55. The van der Waals surface area contributed by atoms with Crippen molar-refractivity contribution >= 4 is 55.8 Å². The molecule has 0 fully saturated rings. The summed E-state index contributed by atoms with van der Waals surface area (Å²) >= 11 is 0. The second kappa shape index (κ2) is 6.92. The van der Waals surface area contributed by atoms with Crippen molar-refractivity contribution in [1.29, 1.82) is 0 Å². The van der Waals surface area contributed by atoms with E-state index in [4.69, 9.17) is 9.15 Å². The number of fused-ring (bicyclic) bond motifs is 8. The molecule has 2 heterocycles. The molecule has 7 aromatic rings. The zero-order valence-corrected chi connectivity index (χ0v) is 19.9. The topological polar surface area (TPSA) is 22.4 Å². The Morgan fingerprint density at radius 1 is 0.514 bits per heavy atom. The number of para-hydroxylation sites is 3. The number of hydrogen-bond acceptors (Lipinski definition) is 2. The molecule has 0 saturated heterocycles. The van der Waals surface area contributed by atoms with Gasteiger partial charge >= 0.3 is 0 Å². The average Bonchev–Trinajstić information content (AvgIpc) is 3.48. The number of furan rings is 1. The molecule has 6 aromatic carbocycles. The van der Waals surface area contributed by atoms with Crippen LogP contribution in [-0.4, -0.2) is 6.71 Å². The summed E-state index contributed by atoms with van der Waals surface area (Å²) in [5, 5.41) is 4.94. The summed E-state index contributed by atoms with van der Waals surface area (Å²) in [6.07, 6.45) is 0. The van der Waals surface area contributed by atoms with Crippen molar-refractivity contribution in [2.24, 2.45) is 0 Å². The van der Waals surface area contributed by atoms with Gasteiger partial charge in [0.1, 0.15) is 22.7 Å². The molecule has 0 bridgehead atoms. The summed E-state index contributed by atoms with van der Waals surface area (Å²) in [6, 6.07) is 40.9. The molecular formula is C34H19BO2. The molecule has 0 unspecified atom stereocenters. The molecule has 2 nitrogen and oxygen atoms in total. The lowest BCUT2D eigenvalue weighted by atomic mass is 9.34. The Morgan fingerprint density at radius 3 is 1.97 bits per heavy atom. The normalized spacial score (nSPS) is 13.0. The standard InChI is InChI=1S/C34H19BO2/c1-4-16-27-22(11-1)33-30(36-27)19-24-21-12-7-9-20-10-8-13-23(31(20)21)32(24)34(33)35-25-14-2-5-17-28(25)37-29-18-6-3-15-26(29)35/h1-19H. The van der Waals surface area contributed by atoms with Gasteiger partial charge in [-0.3, -0.25) is 0 Å². The van der Waals surface area contributed by atoms with E-state index in [0.717, 1.165) is 28.1 Å². The first kappa shape index (κ1) is 19.4. The number of benzene rings is 6. The monoisotopic (exact) mass is 470 g/mol. The Bertz CT molecular complexity index is 2030. The molecule has 1 aliphatic carbocycles. The summed E-state index contributed by atoms with van der Waals surface area (Å²) in [7, 11) is 0. The molecule has 0 amide bonds. The zero-order chi connectivity index (χ0) is 24.1. The zero-order valence-electron chi connectivity index (χ0n) is 19.9. The van der Waals surface area contributed by atoms with Gasteiger partial charge in [0.15, 0.2) is 0 Å². The lowest BCUT2D eigenvalue weighted by molar-refractivity contribution is 0.487. The Hall–Kier alpha value is -4.76. The van der Waals surface area contributed by atoms with Crippen LogP contribution in [0.5, 0.6) is 11.5 Å². The van der Waals surface area contributed by atoms with Crippen molar-refractivity contribution in [2.45, 2.75) is 0 Å². The van der Waals surface area contributed by atoms with Crippen molar-refractivity contribution in [2.75, 3.05) is 0 Å². The fourth-order valence-electron chi connectivity index (χ4n) is 6.70. The van der Waals surface area contributed by atoms with Gasteiger partial charge in [-0.1, -0.05) is 91.0 Å². The third kappa shape index (κ3) is 2.46. The lowest BCUT2D eigenvalue weighted by Crippen LogP contribution is -2.55. The average molecular weight is 470 g/mol. The maximum Gasteiger partial charge on any atom is 0.252 e. The van der Waals surface area contributed by atoms with Gasteiger partial charge in [-0.25, -0.2) is 0 Å². The summed E-state index contributed by atoms with van der Waals surface area (Å²) in [4.78, 5) is 0. The van der Waals surface area contributed by atoms with Crippen molar-refractivity contribution < 1.29 is 9.15 Å². The predicted octanol–water partition coefficient (Wildman–Crippen LogP) is 7.01. The van der Waals surface area contributed by atoms with Gasteiger partial charge in [-0.2, -0.15) is 0 Å². The SMILES string of the molecule is c1ccc2c(c1)Oc1ccccc1B2c1c2c(cc3oc4ccccc4c13)-c1cccc3cccc-2c13. The summed E-state index contributed by atoms with van der Waals surface area (Å²) in [5.74, 6) is 1.83. The molecule has 9 rings (SSSR count). The number of hydrogen-bond donors (Lipinski definition) is 0. The van der Waals surface area contributed by atoms with Crippen LogP contribution in [0.2, 0.25) is 0 Å². The number of ether oxygens (including phenoxy) is 1. The highest BCUT2D eigenvalue weighted by atomic mass is 16.5. The minimum atomic E-state index is 0.00387. The molecule has 37 heavy (non-hydrogen) atoms. The third-order valence-electron chi connectivity index (χ3n) is 8.14. The van der Waals surface area contributed by atoms with Gasteiger partial charge in [0, 0.05) is 10.8 Å². The molecule has 0 radical (unpaired) electrons. The van der Waals surface area contributed by atoms with Crippen LogP contribution in [0.3, 0.4) is 0 Å². The van der Waals surface area contributed by atoms with E-state index in [1.807, 2.05) is 6.07 Å². The van der Waals surface area contributed by atoms with E-state index in [0.29, 0.717) is 0 Å². The van der Waals surface area contributed by atoms with Crippen LogP contribution in [0.4, 0.5) is 0 Å². The Morgan fingerprint density at radius 2 is 1.19 bits per heavy atom. The second-order valence-electron chi connectivity index (χ2n) is 10.0. The molecule has 0 saturated carbocycles. The smallest absolute Gasteiger partial charge is 0.252 e. The van der Waals surface area contributed by atoms with Crippen LogP contribution < -0.4 is 21.1 Å². The van der Waals surface area contributed by atoms with E-state index in [1.54, 1.807) is 0 Å². The molecule has 170 valence electrons. The largest absolute Gasteiger partial charge is 0.458 e. The first-order valence-electron chi connectivity index (χ1n) is 12.7. The number of rotatable bonds is 1. The van der Waals surface area contributed by atoms with Crippen molar-refractivity contribution in [1.82, 2.24) is 0 Å². The molecule has 0 atom stereocenters. The first-order chi connectivity index (χ1) is 18.4. The first-order valence-corrected chi connectivity index (χ1v) is 12.7. The van der Waals surface area contributed by atoms with Gasteiger partial charge < -0.3 is 9.15 Å². The minimum absolute atomic E-state index is 0.00387. The highest BCUT2D eigenvalue weighted by molar-refractivity contribution is 6.99. The van der Waals surface area contributed by atoms with E-state index in [9.17, 15) is 0 Å². The van der Waals surface area contributed by atoms with Gasteiger partial charge in [-0.05, 0) is 73.7 Å². The highest BCUT2D eigenvalue weighted by Gasteiger charge is 2.38. The van der Waals surface area contributed by atoms with Crippen molar-refractivity contribution in [3.63, 3.8) is 0 Å². The molecule has 2 aliphatic rings. The minimum Gasteiger partial charge on any atom is -0.458 e. The van der Waals surface area contributed by atoms with Gasteiger partial charge in [0.05, 0.1) is 0 Å². The van der Waals surface area contributed by atoms with E-state index in [1.165, 1.54) is 54.8 Å². The third-order valence-corrected chi connectivity index (χ3v) is 8.14. The van der Waals surface area contributed by atoms with Crippen molar-refractivity contribution in [3.05, 3.63) is 115 Å². The van der Waals surface area contributed by atoms with Crippen LogP contribution in [0.15, 0.2) is 120 Å². The quantitative estimate of drug-likeness (QED) is 0.241. The molecule has 1 aliphatic heterocycles. The van der Waals surface area contributed by atoms with Gasteiger partial charge in [0.25, 0.3) is 6.71 Å². The fourth-order valence-corrected chi connectivity index (χ4v) is 6.70. The fraction of sp³-hybridized carbons (Fsp3) is 0. The van der Waals surface area contributed by atoms with E-state index < -0.39 is 0 Å². The van der Waals surface area contributed by atoms with Crippen LogP contribution in [0, 0.1) is 0 Å². The molecule has 0 N–H and O–H groups in total. The van der Waals surface area contributed by atoms with Crippen LogP contribution in [0.25, 0.3) is 55.0 Å². The van der Waals surface area contributed by atoms with Gasteiger partial charge in [-0.15, -0.1) is 0 Å².